The highest BCUT2D eigenvalue weighted by atomic mass is 16.5. The highest BCUT2D eigenvalue weighted by Gasteiger charge is 2.16. The molecule has 0 bridgehead atoms. The summed E-state index contributed by atoms with van der Waals surface area (Å²) in [5.41, 5.74) is 1.28. The van der Waals surface area contributed by atoms with Gasteiger partial charge in [-0.25, -0.2) is 4.79 Å². The molecule has 0 radical (unpaired) electrons. The average molecular weight is 261 g/mol. The molecule has 0 spiro atoms. The molecule has 0 saturated heterocycles. The first-order chi connectivity index (χ1) is 9.03. The topological polar surface area (TPSA) is 64.6 Å². The van der Waals surface area contributed by atoms with Crippen LogP contribution in [0, 0.1) is 11.8 Å². The lowest BCUT2D eigenvalue weighted by molar-refractivity contribution is -0.114. The molecule has 0 aromatic heterocycles. The molecule has 1 amide bonds. The Labute approximate surface area is 111 Å². The summed E-state index contributed by atoms with van der Waals surface area (Å²) in [6.07, 6.45) is 0. The van der Waals surface area contributed by atoms with E-state index < -0.39 is 5.97 Å². The van der Waals surface area contributed by atoms with Crippen molar-refractivity contribution in [3.63, 3.8) is 0 Å². The van der Waals surface area contributed by atoms with Gasteiger partial charge < -0.3 is 14.8 Å². The van der Waals surface area contributed by atoms with Gasteiger partial charge in [-0.3, -0.25) is 4.79 Å². The molecule has 0 aliphatic heterocycles. The Bertz CT molecular complexity index is 567. The Hall–Kier alpha value is -2.48. The Morgan fingerprint density at radius 2 is 1.95 bits per heavy atom. The first-order valence-corrected chi connectivity index (χ1v) is 5.54. The van der Waals surface area contributed by atoms with Gasteiger partial charge in [-0.15, -0.1) is 5.92 Å². The molecule has 19 heavy (non-hydrogen) atoms. The maximum Gasteiger partial charge on any atom is 0.341 e. The second kappa shape index (κ2) is 6.45. The molecule has 0 saturated carbocycles. The van der Waals surface area contributed by atoms with Crippen LogP contribution >= 0.6 is 0 Å². The number of carbonyl (C=O) groups excluding carboxylic acids is 2. The fourth-order valence-electron chi connectivity index (χ4n) is 1.55. The SMILES string of the molecule is CC#Cc1cc(C(=O)OC)c(OC)cc1NC(C)=O. The molecule has 1 rings (SSSR count). The van der Waals surface area contributed by atoms with Crippen LogP contribution in [0.5, 0.6) is 5.75 Å². The van der Waals surface area contributed by atoms with Crippen LogP contribution in [-0.2, 0) is 9.53 Å². The molecule has 5 heteroatoms. The molecule has 0 atom stereocenters. The van der Waals surface area contributed by atoms with Gasteiger partial charge in [0.2, 0.25) is 5.91 Å². The summed E-state index contributed by atoms with van der Waals surface area (Å²) in [6.45, 7) is 3.06. The van der Waals surface area contributed by atoms with Crippen LogP contribution in [0.25, 0.3) is 0 Å². The normalized spacial score (nSPS) is 9.05. The van der Waals surface area contributed by atoms with Crippen molar-refractivity contribution in [1.29, 1.82) is 0 Å². The van der Waals surface area contributed by atoms with E-state index in [9.17, 15) is 9.59 Å². The van der Waals surface area contributed by atoms with Crippen molar-refractivity contribution in [3.8, 4) is 17.6 Å². The smallest absolute Gasteiger partial charge is 0.341 e. The quantitative estimate of drug-likeness (QED) is 0.665. The minimum Gasteiger partial charge on any atom is -0.496 e. The van der Waals surface area contributed by atoms with E-state index in [0.717, 1.165) is 0 Å². The van der Waals surface area contributed by atoms with Crippen LogP contribution in [0.4, 0.5) is 5.69 Å². The number of amides is 1. The van der Waals surface area contributed by atoms with Crippen molar-refractivity contribution in [3.05, 3.63) is 23.3 Å². The van der Waals surface area contributed by atoms with E-state index in [1.807, 2.05) is 0 Å². The lowest BCUT2D eigenvalue weighted by atomic mass is 10.1. The van der Waals surface area contributed by atoms with Crippen LogP contribution in [0.1, 0.15) is 29.8 Å². The fraction of sp³-hybridized carbons (Fsp3) is 0.286. The van der Waals surface area contributed by atoms with Gasteiger partial charge in [-0.1, -0.05) is 5.92 Å². The Balaban J connectivity index is 3.43. The third-order valence-electron chi connectivity index (χ3n) is 2.32. The van der Waals surface area contributed by atoms with E-state index in [1.165, 1.54) is 27.2 Å². The van der Waals surface area contributed by atoms with Crippen molar-refractivity contribution in [2.45, 2.75) is 13.8 Å². The first-order valence-electron chi connectivity index (χ1n) is 5.54. The number of nitrogens with one attached hydrogen (secondary N) is 1. The number of carbonyl (C=O) groups is 2. The minimum absolute atomic E-state index is 0.230. The summed E-state index contributed by atoms with van der Waals surface area (Å²) < 4.78 is 9.80. The van der Waals surface area contributed by atoms with Gasteiger partial charge in [0.25, 0.3) is 0 Å². The van der Waals surface area contributed by atoms with Crippen molar-refractivity contribution in [2.75, 3.05) is 19.5 Å². The Kier molecular flexibility index (Phi) is 4.95. The van der Waals surface area contributed by atoms with Gasteiger partial charge in [0.05, 0.1) is 19.9 Å². The Morgan fingerprint density at radius 3 is 2.42 bits per heavy atom. The third kappa shape index (κ3) is 3.49. The number of esters is 1. The molecule has 0 aliphatic rings. The molecule has 0 fully saturated rings. The van der Waals surface area contributed by atoms with Gasteiger partial charge in [0.1, 0.15) is 11.3 Å². The highest BCUT2D eigenvalue weighted by Crippen LogP contribution is 2.27. The van der Waals surface area contributed by atoms with Crippen molar-refractivity contribution in [1.82, 2.24) is 0 Å². The molecule has 100 valence electrons. The predicted molar refractivity (Wildman–Crippen MR) is 71.2 cm³/mol. The van der Waals surface area contributed by atoms with E-state index in [2.05, 4.69) is 21.9 Å². The summed E-state index contributed by atoms with van der Waals surface area (Å²) in [7, 11) is 2.72. The second-order valence-electron chi connectivity index (χ2n) is 3.65. The zero-order chi connectivity index (χ0) is 14.4. The summed E-state index contributed by atoms with van der Waals surface area (Å²) >= 11 is 0. The van der Waals surface area contributed by atoms with E-state index in [4.69, 9.17) is 4.74 Å². The standard InChI is InChI=1S/C14H15NO4/c1-5-6-10-7-11(14(17)19-4)13(18-3)8-12(10)15-9(2)16/h7-8H,1-4H3,(H,15,16). The zero-order valence-corrected chi connectivity index (χ0v) is 11.3. The number of benzene rings is 1. The largest absolute Gasteiger partial charge is 0.496 e. The Morgan fingerprint density at radius 1 is 1.26 bits per heavy atom. The molecule has 5 nitrogen and oxygen atoms in total. The van der Waals surface area contributed by atoms with E-state index >= 15 is 0 Å². The van der Waals surface area contributed by atoms with E-state index in [1.54, 1.807) is 13.0 Å². The lowest BCUT2D eigenvalue weighted by Gasteiger charge is -2.12. The van der Waals surface area contributed by atoms with Crippen LogP contribution in [-0.4, -0.2) is 26.1 Å². The molecule has 1 N–H and O–H groups in total. The van der Waals surface area contributed by atoms with Crippen molar-refractivity contribution >= 4 is 17.6 Å². The van der Waals surface area contributed by atoms with Gasteiger partial charge >= 0.3 is 5.97 Å². The van der Waals surface area contributed by atoms with E-state index in [0.29, 0.717) is 17.0 Å². The van der Waals surface area contributed by atoms with Crippen LogP contribution < -0.4 is 10.1 Å². The summed E-state index contributed by atoms with van der Waals surface area (Å²) in [6, 6.07) is 3.08. The molecular formula is C14H15NO4. The highest BCUT2D eigenvalue weighted by molar-refractivity contribution is 5.96. The molecule has 1 aromatic rings. The van der Waals surface area contributed by atoms with Gasteiger partial charge in [0, 0.05) is 18.6 Å². The van der Waals surface area contributed by atoms with Gasteiger partial charge in [-0.2, -0.15) is 0 Å². The van der Waals surface area contributed by atoms with Crippen LogP contribution in [0.3, 0.4) is 0 Å². The van der Waals surface area contributed by atoms with Crippen molar-refractivity contribution < 1.29 is 19.1 Å². The number of methoxy groups -OCH3 is 2. The summed E-state index contributed by atoms with van der Waals surface area (Å²) in [5.74, 6) is 5.11. The second-order valence-corrected chi connectivity index (χ2v) is 3.65. The number of hydrogen-bond donors (Lipinski definition) is 1. The van der Waals surface area contributed by atoms with Gasteiger partial charge in [-0.05, 0) is 13.0 Å². The zero-order valence-electron chi connectivity index (χ0n) is 11.3. The number of anilines is 1. The molecule has 0 aliphatic carbocycles. The van der Waals surface area contributed by atoms with Crippen LogP contribution in [0.15, 0.2) is 12.1 Å². The maximum atomic E-state index is 11.6. The average Bonchev–Trinajstić information content (AvgIpc) is 2.38. The first kappa shape index (κ1) is 14.6. The minimum atomic E-state index is -0.523. The lowest BCUT2D eigenvalue weighted by Crippen LogP contribution is -2.10. The van der Waals surface area contributed by atoms with E-state index in [-0.39, 0.29) is 11.5 Å². The fourth-order valence-corrected chi connectivity index (χ4v) is 1.55. The molecule has 1 aromatic carbocycles. The predicted octanol–water partition coefficient (Wildman–Crippen LogP) is 1.81. The summed E-state index contributed by atoms with van der Waals surface area (Å²) in [5, 5.41) is 2.64. The summed E-state index contributed by atoms with van der Waals surface area (Å²) in [4.78, 5) is 22.8. The molecule has 0 unspecified atom stereocenters. The number of hydrogen-bond acceptors (Lipinski definition) is 4. The maximum absolute atomic E-state index is 11.6. The monoisotopic (exact) mass is 261 g/mol. The van der Waals surface area contributed by atoms with Crippen LogP contribution in [0.2, 0.25) is 0 Å². The number of ether oxygens (including phenoxy) is 2. The molecule has 0 heterocycles. The third-order valence-corrected chi connectivity index (χ3v) is 2.32. The number of rotatable bonds is 3. The van der Waals surface area contributed by atoms with Gasteiger partial charge in [0.15, 0.2) is 0 Å². The van der Waals surface area contributed by atoms with Crippen molar-refractivity contribution in [2.24, 2.45) is 0 Å². The molecular weight excluding hydrogens is 246 g/mol.